The van der Waals surface area contributed by atoms with Gasteiger partial charge in [-0.2, -0.15) is 0 Å². The maximum absolute atomic E-state index is 11.6. The van der Waals surface area contributed by atoms with Crippen LogP contribution in [0.1, 0.15) is 21.5 Å². The number of benzene rings is 1. The molecule has 4 nitrogen and oxygen atoms in total. The quantitative estimate of drug-likeness (QED) is 0.594. The van der Waals surface area contributed by atoms with Crippen molar-refractivity contribution in [1.29, 1.82) is 0 Å². The molecule has 0 aliphatic carbocycles. The highest BCUT2D eigenvalue weighted by Gasteiger charge is 2.19. The molecule has 2 N–H and O–H groups in total. The summed E-state index contributed by atoms with van der Waals surface area (Å²) in [4.78, 5) is 11.6. The zero-order valence-electron chi connectivity index (χ0n) is 9.38. The van der Waals surface area contributed by atoms with E-state index in [4.69, 9.17) is 15.2 Å². The number of anilines is 1. The van der Waals surface area contributed by atoms with Crippen molar-refractivity contribution in [2.75, 3.05) is 20.0 Å². The minimum absolute atomic E-state index is 0.380. The van der Waals surface area contributed by atoms with Crippen molar-refractivity contribution in [3.05, 3.63) is 22.8 Å². The van der Waals surface area contributed by atoms with Crippen LogP contribution in [0.5, 0.6) is 5.75 Å². The fraction of sp³-hybridized carbons (Fsp3) is 0.364. The summed E-state index contributed by atoms with van der Waals surface area (Å²) >= 11 is 0. The van der Waals surface area contributed by atoms with Gasteiger partial charge in [0.05, 0.1) is 19.9 Å². The SMILES string of the molecule is COC(=O)c1c(C)c(C)cc(N)c1OC. The van der Waals surface area contributed by atoms with E-state index in [0.29, 0.717) is 17.0 Å². The number of hydrogen-bond acceptors (Lipinski definition) is 4. The molecule has 0 unspecified atom stereocenters. The van der Waals surface area contributed by atoms with Crippen molar-refractivity contribution in [1.82, 2.24) is 0 Å². The molecule has 1 rings (SSSR count). The number of carbonyl (C=O) groups is 1. The van der Waals surface area contributed by atoms with Gasteiger partial charge in [-0.1, -0.05) is 0 Å². The van der Waals surface area contributed by atoms with Crippen LogP contribution in [-0.2, 0) is 4.74 Å². The van der Waals surface area contributed by atoms with E-state index in [9.17, 15) is 4.79 Å². The van der Waals surface area contributed by atoms with E-state index in [1.807, 2.05) is 13.8 Å². The zero-order valence-corrected chi connectivity index (χ0v) is 9.38. The lowest BCUT2D eigenvalue weighted by molar-refractivity contribution is 0.0596. The first kappa shape index (κ1) is 11.4. The van der Waals surface area contributed by atoms with E-state index in [1.165, 1.54) is 14.2 Å². The zero-order chi connectivity index (χ0) is 11.6. The van der Waals surface area contributed by atoms with E-state index in [1.54, 1.807) is 6.07 Å². The maximum atomic E-state index is 11.6. The number of nitrogen functional groups attached to an aromatic ring is 1. The van der Waals surface area contributed by atoms with Crippen LogP contribution in [0.25, 0.3) is 0 Å². The van der Waals surface area contributed by atoms with Gasteiger partial charge in [0.2, 0.25) is 0 Å². The summed E-state index contributed by atoms with van der Waals surface area (Å²) in [6.45, 7) is 3.72. The lowest BCUT2D eigenvalue weighted by atomic mass is 10.0. The van der Waals surface area contributed by atoms with E-state index in [-0.39, 0.29) is 0 Å². The molecular weight excluding hydrogens is 194 g/mol. The highest BCUT2D eigenvalue weighted by atomic mass is 16.5. The Morgan fingerprint density at radius 3 is 2.40 bits per heavy atom. The molecular formula is C11H15NO3. The molecule has 0 saturated heterocycles. The number of ether oxygens (including phenoxy) is 2. The Labute approximate surface area is 89.0 Å². The molecule has 0 bridgehead atoms. The van der Waals surface area contributed by atoms with Gasteiger partial charge in [-0.15, -0.1) is 0 Å². The summed E-state index contributed by atoms with van der Waals surface area (Å²) < 4.78 is 9.80. The van der Waals surface area contributed by atoms with Gasteiger partial charge in [0.1, 0.15) is 5.56 Å². The third-order valence-corrected chi connectivity index (χ3v) is 2.42. The summed E-state index contributed by atoms with van der Waals surface area (Å²) in [5.41, 5.74) is 8.37. The Morgan fingerprint density at radius 1 is 1.33 bits per heavy atom. The highest BCUT2D eigenvalue weighted by Crippen LogP contribution is 2.31. The number of methoxy groups -OCH3 is 2. The van der Waals surface area contributed by atoms with Crippen LogP contribution in [0.3, 0.4) is 0 Å². The van der Waals surface area contributed by atoms with Crippen molar-refractivity contribution in [2.24, 2.45) is 0 Å². The first-order valence-electron chi connectivity index (χ1n) is 4.54. The van der Waals surface area contributed by atoms with E-state index < -0.39 is 5.97 Å². The number of aryl methyl sites for hydroxylation is 1. The Balaban J connectivity index is 3.50. The topological polar surface area (TPSA) is 61.5 Å². The average molecular weight is 209 g/mol. The lowest BCUT2D eigenvalue weighted by Gasteiger charge is -2.14. The average Bonchev–Trinajstić information content (AvgIpc) is 2.21. The van der Waals surface area contributed by atoms with Crippen LogP contribution in [-0.4, -0.2) is 20.2 Å². The van der Waals surface area contributed by atoms with E-state index in [2.05, 4.69) is 0 Å². The van der Waals surface area contributed by atoms with Gasteiger partial charge >= 0.3 is 5.97 Å². The van der Waals surface area contributed by atoms with Crippen molar-refractivity contribution in [2.45, 2.75) is 13.8 Å². The fourth-order valence-corrected chi connectivity index (χ4v) is 1.49. The van der Waals surface area contributed by atoms with Crippen molar-refractivity contribution < 1.29 is 14.3 Å². The van der Waals surface area contributed by atoms with Crippen LogP contribution < -0.4 is 10.5 Å². The van der Waals surface area contributed by atoms with Gasteiger partial charge in [-0.25, -0.2) is 4.79 Å². The summed E-state index contributed by atoms with van der Waals surface area (Å²) in [6.07, 6.45) is 0. The van der Waals surface area contributed by atoms with Crippen LogP contribution in [0, 0.1) is 13.8 Å². The molecule has 0 fully saturated rings. The molecule has 0 aliphatic heterocycles. The summed E-state index contributed by atoms with van der Waals surface area (Å²) in [6, 6.07) is 1.78. The number of hydrogen-bond donors (Lipinski definition) is 1. The summed E-state index contributed by atoms with van der Waals surface area (Å²) in [5.74, 6) is -0.0512. The third-order valence-electron chi connectivity index (χ3n) is 2.42. The van der Waals surface area contributed by atoms with Crippen molar-refractivity contribution in [3.63, 3.8) is 0 Å². The highest BCUT2D eigenvalue weighted by molar-refractivity contribution is 5.96. The molecule has 0 amide bonds. The fourth-order valence-electron chi connectivity index (χ4n) is 1.49. The van der Waals surface area contributed by atoms with Crippen LogP contribution in [0.4, 0.5) is 5.69 Å². The van der Waals surface area contributed by atoms with Gasteiger partial charge in [0.15, 0.2) is 5.75 Å². The Morgan fingerprint density at radius 2 is 1.93 bits per heavy atom. The van der Waals surface area contributed by atoms with Crippen LogP contribution in [0.15, 0.2) is 6.07 Å². The van der Waals surface area contributed by atoms with E-state index in [0.717, 1.165) is 11.1 Å². The second kappa shape index (κ2) is 4.21. The molecule has 0 saturated carbocycles. The van der Waals surface area contributed by atoms with Gasteiger partial charge in [-0.05, 0) is 31.0 Å². The molecule has 0 heterocycles. The standard InChI is InChI=1S/C11H15NO3/c1-6-5-8(12)10(14-3)9(7(6)2)11(13)15-4/h5H,12H2,1-4H3. The monoisotopic (exact) mass is 209 g/mol. The second-order valence-corrected chi connectivity index (χ2v) is 3.31. The van der Waals surface area contributed by atoms with Crippen LogP contribution >= 0.6 is 0 Å². The normalized spacial score (nSPS) is 9.87. The van der Waals surface area contributed by atoms with E-state index >= 15 is 0 Å². The number of esters is 1. The first-order valence-corrected chi connectivity index (χ1v) is 4.54. The largest absolute Gasteiger partial charge is 0.494 e. The van der Waals surface area contributed by atoms with Gasteiger partial charge < -0.3 is 15.2 Å². The molecule has 1 aromatic carbocycles. The summed E-state index contributed by atoms with van der Waals surface area (Å²) in [5, 5.41) is 0. The molecule has 15 heavy (non-hydrogen) atoms. The van der Waals surface area contributed by atoms with Crippen molar-refractivity contribution >= 4 is 11.7 Å². The Kier molecular flexibility index (Phi) is 3.19. The predicted molar refractivity (Wildman–Crippen MR) is 58.2 cm³/mol. The summed E-state index contributed by atoms with van der Waals surface area (Å²) in [7, 11) is 2.81. The second-order valence-electron chi connectivity index (χ2n) is 3.31. The molecule has 4 heteroatoms. The number of rotatable bonds is 2. The molecule has 82 valence electrons. The number of nitrogens with two attached hydrogens (primary N) is 1. The lowest BCUT2D eigenvalue weighted by Crippen LogP contribution is -2.09. The minimum atomic E-state index is -0.431. The molecule has 0 spiro atoms. The predicted octanol–water partition coefficient (Wildman–Crippen LogP) is 1.68. The van der Waals surface area contributed by atoms with Gasteiger partial charge in [0.25, 0.3) is 0 Å². The molecule has 0 aromatic heterocycles. The van der Waals surface area contributed by atoms with Gasteiger partial charge in [0, 0.05) is 0 Å². The molecule has 0 aliphatic rings. The molecule has 1 aromatic rings. The molecule has 0 radical (unpaired) electrons. The Hall–Kier alpha value is -1.71. The minimum Gasteiger partial charge on any atom is -0.494 e. The Bertz CT molecular complexity index is 399. The number of carbonyl (C=O) groups excluding carboxylic acids is 1. The maximum Gasteiger partial charge on any atom is 0.342 e. The van der Waals surface area contributed by atoms with Crippen LogP contribution in [0.2, 0.25) is 0 Å². The first-order chi connectivity index (χ1) is 7.02. The smallest absolute Gasteiger partial charge is 0.342 e. The van der Waals surface area contributed by atoms with Gasteiger partial charge in [-0.3, -0.25) is 0 Å². The third kappa shape index (κ3) is 1.88. The molecule has 0 atom stereocenters. The van der Waals surface area contributed by atoms with Crippen molar-refractivity contribution in [3.8, 4) is 5.75 Å².